The Morgan fingerprint density at radius 3 is 2.05 bits per heavy atom. The summed E-state index contributed by atoms with van der Waals surface area (Å²) < 4.78 is 0. The van der Waals surface area contributed by atoms with Gasteiger partial charge in [-0.1, -0.05) is 84.9 Å². The van der Waals surface area contributed by atoms with Crippen LogP contribution in [0.3, 0.4) is 0 Å². The Balaban J connectivity index is 1.36. The molecule has 4 aromatic carbocycles. The summed E-state index contributed by atoms with van der Waals surface area (Å²) in [5.41, 5.74) is 4.36. The number of aromatic nitrogens is 2. The highest BCUT2D eigenvalue weighted by atomic mass is 16.2. The summed E-state index contributed by atoms with van der Waals surface area (Å²) in [4.78, 5) is 35.3. The van der Waals surface area contributed by atoms with E-state index in [0.29, 0.717) is 34.0 Å². The lowest BCUT2D eigenvalue weighted by atomic mass is 9.98. The minimum absolute atomic E-state index is 0.199. The number of hydrogen-bond donors (Lipinski definition) is 2. The number of carbonyl (C=O) groups excluding carboxylic acids is 2. The number of amides is 1. The van der Waals surface area contributed by atoms with Crippen molar-refractivity contribution < 1.29 is 9.59 Å². The van der Waals surface area contributed by atoms with E-state index in [9.17, 15) is 9.59 Å². The molecule has 5 rings (SSSR count). The molecule has 5 aromatic rings. The maximum atomic E-state index is 13.2. The summed E-state index contributed by atoms with van der Waals surface area (Å²) in [6, 6.07) is 34.9. The van der Waals surface area contributed by atoms with Gasteiger partial charge in [0.15, 0.2) is 5.78 Å². The zero-order valence-corrected chi connectivity index (χ0v) is 20.2. The smallest absolute Gasteiger partial charge is 0.256 e. The lowest BCUT2D eigenvalue weighted by Gasteiger charge is -2.12. The largest absolute Gasteiger partial charge is 0.340 e. The summed E-state index contributed by atoms with van der Waals surface area (Å²) in [6.45, 7) is 1.85. The topological polar surface area (TPSA) is 84.0 Å². The number of nitrogens with zero attached hydrogens (tertiary/aromatic N) is 2. The molecule has 0 aliphatic carbocycles. The first-order valence-electron chi connectivity index (χ1n) is 11.9. The first-order chi connectivity index (χ1) is 18.1. The van der Waals surface area contributed by atoms with Crippen molar-refractivity contribution in [3.05, 3.63) is 138 Å². The van der Waals surface area contributed by atoms with Crippen LogP contribution >= 0.6 is 0 Å². The molecule has 0 aliphatic rings. The van der Waals surface area contributed by atoms with Gasteiger partial charge < -0.3 is 10.6 Å². The van der Waals surface area contributed by atoms with Crippen LogP contribution in [0.15, 0.2) is 115 Å². The van der Waals surface area contributed by atoms with E-state index in [1.807, 2.05) is 67.6 Å². The number of aryl methyl sites for hydroxylation is 1. The molecule has 6 heteroatoms. The van der Waals surface area contributed by atoms with Gasteiger partial charge in [-0.05, 0) is 31.2 Å². The van der Waals surface area contributed by atoms with E-state index in [-0.39, 0.29) is 11.7 Å². The molecule has 37 heavy (non-hydrogen) atoms. The van der Waals surface area contributed by atoms with Crippen LogP contribution in [0.4, 0.5) is 17.2 Å². The third kappa shape index (κ3) is 5.60. The van der Waals surface area contributed by atoms with E-state index >= 15 is 0 Å². The highest BCUT2D eigenvalue weighted by Crippen LogP contribution is 2.24. The Hall–Kier alpha value is -5.10. The van der Waals surface area contributed by atoms with Crippen LogP contribution in [0.1, 0.15) is 32.1 Å². The first kappa shape index (κ1) is 23.6. The number of hydrogen-bond acceptors (Lipinski definition) is 5. The number of nitrogens with one attached hydrogen (secondary N) is 2. The maximum absolute atomic E-state index is 13.2. The van der Waals surface area contributed by atoms with Crippen molar-refractivity contribution in [2.24, 2.45) is 0 Å². The first-order valence-corrected chi connectivity index (χ1v) is 11.9. The molecule has 1 aromatic heterocycles. The summed E-state index contributed by atoms with van der Waals surface area (Å²) in [6.07, 6.45) is 0. The molecule has 0 atom stereocenters. The van der Waals surface area contributed by atoms with Crippen molar-refractivity contribution in [3.8, 4) is 11.3 Å². The predicted octanol–water partition coefficient (Wildman–Crippen LogP) is 6.68. The lowest BCUT2D eigenvalue weighted by molar-refractivity contribution is 0.0996. The van der Waals surface area contributed by atoms with Crippen LogP contribution in [0.2, 0.25) is 0 Å². The van der Waals surface area contributed by atoms with Crippen LogP contribution in [-0.2, 0) is 0 Å². The Labute approximate surface area is 215 Å². The summed E-state index contributed by atoms with van der Waals surface area (Å²) in [5.74, 6) is 0.734. The highest BCUT2D eigenvalue weighted by molar-refractivity contribution is 6.17. The lowest BCUT2D eigenvalue weighted by Crippen LogP contribution is -2.17. The second kappa shape index (κ2) is 10.7. The van der Waals surface area contributed by atoms with Gasteiger partial charge in [0, 0.05) is 34.1 Å². The molecule has 0 radical (unpaired) electrons. The minimum atomic E-state index is -0.360. The normalized spacial score (nSPS) is 10.5. The van der Waals surface area contributed by atoms with Gasteiger partial charge in [-0.2, -0.15) is 0 Å². The zero-order valence-electron chi connectivity index (χ0n) is 20.2. The molecule has 0 spiro atoms. The molecule has 180 valence electrons. The van der Waals surface area contributed by atoms with Crippen molar-refractivity contribution in [1.29, 1.82) is 0 Å². The van der Waals surface area contributed by atoms with E-state index in [1.54, 1.807) is 54.6 Å². The van der Waals surface area contributed by atoms with Crippen LogP contribution in [-0.4, -0.2) is 21.7 Å². The zero-order chi connectivity index (χ0) is 25.6. The van der Waals surface area contributed by atoms with Gasteiger partial charge in [0.05, 0.1) is 11.3 Å². The fourth-order valence-electron chi connectivity index (χ4n) is 4.03. The number of benzene rings is 4. The Morgan fingerprint density at radius 1 is 0.649 bits per heavy atom. The fraction of sp³-hybridized carbons (Fsp3) is 0.0323. The van der Waals surface area contributed by atoms with E-state index in [0.717, 1.165) is 16.9 Å². The molecule has 1 amide bonds. The van der Waals surface area contributed by atoms with Gasteiger partial charge in [-0.15, -0.1) is 0 Å². The molecule has 0 unspecified atom stereocenters. The third-order valence-corrected chi connectivity index (χ3v) is 5.75. The monoisotopic (exact) mass is 484 g/mol. The molecule has 0 saturated carbocycles. The van der Waals surface area contributed by atoms with Crippen molar-refractivity contribution in [2.45, 2.75) is 6.92 Å². The maximum Gasteiger partial charge on any atom is 0.256 e. The molecule has 0 saturated heterocycles. The SMILES string of the molecule is Cc1nc(Nc2cccc(NC(=O)c3ccccc3C(=O)c3ccccc3)c2)cc(-c2ccccc2)n1. The number of ketones is 1. The van der Waals surface area contributed by atoms with Gasteiger partial charge in [0.1, 0.15) is 11.6 Å². The van der Waals surface area contributed by atoms with E-state index < -0.39 is 0 Å². The quantitative estimate of drug-likeness (QED) is 0.252. The molecule has 1 heterocycles. The summed E-state index contributed by atoms with van der Waals surface area (Å²) >= 11 is 0. The molecular weight excluding hydrogens is 460 g/mol. The average Bonchev–Trinajstić information content (AvgIpc) is 2.93. The Morgan fingerprint density at radius 2 is 1.30 bits per heavy atom. The molecule has 2 N–H and O–H groups in total. The molecule has 0 fully saturated rings. The number of rotatable bonds is 7. The average molecular weight is 485 g/mol. The Bertz CT molecular complexity index is 1570. The van der Waals surface area contributed by atoms with Gasteiger partial charge in [-0.3, -0.25) is 9.59 Å². The standard InChI is InChI=1S/C31H24N4O2/c1-21-32-28(22-11-4-2-5-12-22)20-29(33-21)34-24-15-10-16-25(19-24)35-31(37)27-18-9-8-17-26(27)30(36)23-13-6-3-7-14-23/h2-20H,1H3,(H,35,37)(H,32,33,34). The van der Waals surface area contributed by atoms with Crippen LogP contribution < -0.4 is 10.6 Å². The third-order valence-electron chi connectivity index (χ3n) is 5.75. The summed E-state index contributed by atoms with van der Waals surface area (Å²) in [5, 5.41) is 6.22. The van der Waals surface area contributed by atoms with Gasteiger partial charge in [0.2, 0.25) is 0 Å². The van der Waals surface area contributed by atoms with Crippen LogP contribution in [0.5, 0.6) is 0 Å². The van der Waals surface area contributed by atoms with E-state index in [4.69, 9.17) is 0 Å². The number of anilines is 3. The van der Waals surface area contributed by atoms with E-state index in [1.165, 1.54) is 0 Å². The Kier molecular flexibility index (Phi) is 6.81. The number of carbonyl (C=O) groups is 2. The van der Waals surface area contributed by atoms with Crippen molar-refractivity contribution in [1.82, 2.24) is 9.97 Å². The van der Waals surface area contributed by atoms with E-state index in [2.05, 4.69) is 20.6 Å². The fourth-order valence-corrected chi connectivity index (χ4v) is 4.03. The van der Waals surface area contributed by atoms with Crippen LogP contribution in [0, 0.1) is 6.92 Å². The molecule has 0 aliphatic heterocycles. The van der Waals surface area contributed by atoms with Gasteiger partial charge >= 0.3 is 0 Å². The minimum Gasteiger partial charge on any atom is -0.340 e. The van der Waals surface area contributed by atoms with Crippen LogP contribution in [0.25, 0.3) is 11.3 Å². The van der Waals surface area contributed by atoms with Gasteiger partial charge in [0.25, 0.3) is 5.91 Å². The molecular formula is C31H24N4O2. The second-order valence-electron chi connectivity index (χ2n) is 8.45. The van der Waals surface area contributed by atoms with Crippen molar-refractivity contribution in [2.75, 3.05) is 10.6 Å². The summed E-state index contributed by atoms with van der Waals surface area (Å²) in [7, 11) is 0. The van der Waals surface area contributed by atoms with Gasteiger partial charge in [-0.25, -0.2) is 9.97 Å². The van der Waals surface area contributed by atoms with Crippen molar-refractivity contribution >= 4 is 28.9 Å². The second-order valence-corrected chi connectivity index (χ2v) is 8.45. The van der Waals surface area contributed by atoms with Crippen molar-refractivity contribution in [3.63, 3.8) is 0 Å². The highest BCUT2D eigenvalue weighted by Gasteiger charge is 2.18. The predicted molar refractivity (Wildman–Crippen MR) is 146 cm³/mol. The molecule has 6 nitrogen and oxygen atoms in total. The molecule has 0 bridgehead atoms.